The maximum absolute atomic E-state index is 6.01. The zero-order valence-electron chi connectivity index (χ0n) is 12.5. The molecule has 5 heteroatoms. The first-order chi connectivity index (χ1) is 8.77. The van der Waals surface area contributed by atoms with Gasteiger partial charge in [-0.3, -0.25) is 4.98 Å². The van der Waals surface area contributed by atoms with Gasteiger partial charge in [0.1, 0.15) is 0 Å². The van der Waals surface area contributed by atoms with Gasteiger partial charge in [0.25, 0.3) is 0 Å². The highest BCUT2D eigenvalue weighted by atomic mass is 16.7. The molecule has 1 aliphatic heterocycles. The number of nitrogens with zero attached hydrogens (tertiary/aromatic N) is 1. The molecule has 0 atom stereocenters. The summed E-state index contributed by atoms with van der Waals surface area (Å²) in [4.78, 5) is 4.44. The molecule has 0 spiro atoms. The minimum atomic E-state index is -0.401. The van der Waals surface area contributed by atoms with Crippen LogP contribution in [-0.2, 0) is 15.7 Å². The van der Waals surface area contributed by atoms with Gasteiger partial charge in [-0.2, -0.15) is 0 Å². The Balaban J connectivity index is 2.27. The van der Waals surface area contributed by atoms with Gasteiger partial charge in [-0.1, -0.05) is 0 Å². The van der Waals surface area contributed by atoms with Crippen molar-refractivity contribution in [2.45, 2.75) is 52.2 Å². The van der Waals surface area contributed by atoms with E-state index < -0.39 is 7.12 Å². The van der Waals surface area contributed by atoms with Gasteiger partial charge in [0.15, 0.2) is 0 Å². The summed E-state index contributed by atoms with van der Waals surface area (Å²) in [5.74, 6) is 0. The fourth-order valence-electron chi connectivity index (χ4n) is 2.10. The van der Waals surface area contributed by atoms with Crippen molar-refractivity contribution in [1.29, 1.82) is 0 Å². The van der Waals surface area contributed by atoms with Crippen LogP contribution in [0.1, 0.15) is 38.8 Å². The Bertz CT molecular complexity index is 459. The molecule has 1 aliphatic rings. The van der Waals surface area contributed by atoms with E-state index in [1.54, 1.807) is 0 Å². The number of hydrogen-bond acceptors (Lipinski definition) is 4. The number of aromatic nitrogens is 1. The Hall–Kier alpha value is -0.905. The Morgan fingerprint density at radius 3 is 2.32 bits per heavy atom. The SMILES string of the molecule is Cc1cnc(B2OC(C)(C)C(C)(C)O2)cc1CCN. The van der Waals surface area contributed by atoms with Crippen LogP contribution in [0.4, 0.5) is 0 Å². The predicted molar refractivity (Wildman–Crippen MR) is 77.4 cm³/mol. The zero-order valence-corrected chi connectivity index (χ0v) is 12.5. The lowest BCUT2D eigenvalue weighted by Gasteiger charge is -2.32. The predicted octanol–water partition coefficient (Wildman–Crippen LogP) is 1.19. The average Bonchev–Trinajstić information content (AvgIpc) is 2.51. The summed E-state index contributed by atoms with van der Waals surface area (Å²) in [5, 5.41) is 0. The Morgan fingerprint density at radius 1 is 1.21 bits per heavy atom. The van der Waals surface area contributed by atoms with Gasteiger partial charge >= 0.3 is 7.12 Å². The normalized spacial score (nSPS) is 20.8. The van der Waals surface area contributed by atoms with Gasteiger partial charge in [-0.25, -0.2) is 0 Å². The van der Waals surface area contributed by atoms with Gasteiger partial charge in [0, 0.05) is 6.20 Å². The van der Waals surface area contributed by atoms with Crippen LogP contribution in [-0.4, -0.2) is 29.8 Å². The first-order valence-electron chi connectivity index (χ1n) is 6.78. The molecular formula is C14H23BN2O2. The molecule has 2 heterocycles. The van der Waals surface area contributed by atoms with E-state index in [0.29, 0.717) is 6.54 Å². The van der Waals surface area contributed by atoms with E-state index in [1.165, 1.54) is 5.56 Å². The van der Waals surface area contributed by atoms with Crippen molar-refractivity contribution in [2.24, 2.45) is 5.73 Å². The number of hydrogen-bond donors (Lipinski definition) is 1. The second kappa shape index (κ2) is 4.89. The average molecular weight is 262 g/mol. The molecule has 0 aromatic carbocycles. The van der Waals surface area contributed by atoms with E-state index in [1.807, 2.05) is 46.9 Å². The molecule has 1 fully saturated rings. The van der Waals surface area contributed by atoms with E-state index >= 15 is 0 Å². The fourth-order valence-corrected chi connectivity index (χ4v) is 2.10. The summed E-state index contributed by atoms with van der Waals surface area (Å²) < 4.78 is 12.0. The summed E-state index contributed by atoms with van der Waals surface area (Å²) >= 11 is 0. The lowest BCUT2D eigenvalue weighted by atomic mass is 9.82. The minimum absolute atomic E-state index is 0.335. The van der Waals surface area contributed by atoms with Crippen molar-refractivity contribution in [3.8, 4) is 0 Å². The Kier molecular flexibility index (Phi) is 3.73. The molecule has 1 aromatic rings. The second-order valence-corrected chi connectivity index (χ2v) is 6.16. The quantitative estimate of drug-likeness (QED) is 0.831. The van der Waals surface area contributed by atoms with Crippen LogP contribution in [0.5, 0.6) is 0 Å². The molecule has 0 amide bonds. The molecule has 0 saturated carbocycles. The molecule has 104 valence electrons. The lowest BCUT2D eigenvalue weighted by Crippen LogP contribution is -2.41. The van der Waals surface area contributed by atoms with Gasteiger partial charge < -0.3 is 15.0 Å². The van der Waals surface area contributed by atoms with Crippen LogP contribution in [0.3, 0.4) is 0 Å². The molecule has 0 unspecified atom stereocenters. The molecule has 1 aromatic heterocycles. The van der Waals surface area contributed by atoms with Crippen LogP contribution < -0.4 is 11.3 Å². The van der Waals surface area contributed by atoms with E-state index in [0.717, 1.165) is 17.6 Å². The third-order valence-electron chi connectivity index (χ3n) is 4.14. The van der Waals surface area contributed by atoms with Crippen LogP contribution in [0.25, 0.3) is 0 Å². The molecule has 1 saturated heterocycles. The summed E-state index contributed by atoms with van der Waals surface area (Å²) in [5.41, 5.74) is 8.16. The van der Waals surface area contributed by atoms with Crippen LogP contribution >= 0.6 is 0 Å². The van der Waals surface area contributed by atoms with Crippen molar-refractivity contribution >= 4 is 12.7 Å². The first-order valence-corrected chi connectivity index (χ1v) is 6.78. The van der Waals surface area contributed by atoms with Crippen molar-refractivity contribution in [3.05, 3.63) is 23.4 Å². The Labute approximate surface area is 115 Å². The largest absolute Gasteiger partial charge is 0.514 e. The van der Waals surface area contributed by atoms with Gasteiger partial charge in [-0.15, -0.1) is 0 Å². The second-order valence-electron chi connectivity index (χ2n) is 6.16. The minimum Gasteiger partial charge on any atom is -0.398 e. The maximum atomic E-state index is 6.01. The monoisotopic (exact) mass is 262 g/mol. The lowest BCUT2D eigenvalue weighted by molar-refractivity contribution is 0.00578. The van der Waals surface area contributed by atoms with Gasteiger partial charge in [0.05, 0.1) is 16.8 Å². The highest BCUT2D eigenvalue weighted by Gasteiger charge is 2.52. The number of nitrogens with two attached hydrogens (primary N) is 1. The van der Waals surface area contributed by atoms with Crippen molar-refractivity contribution in [2.75, 3.05) is 6.54 Å². The molecule has 2 N–H and O–H groups in total. The van der Waals surface area contributed by atoms with E-state index in [9.17, 15) is 0 Å². The molecule has 4 nitrogen and oxygen atoms in total. The smallest absolute Gasteiger partial charge is 0.398 e. The van der Waals surface area contributed by atoms with E-state index in [-0.39, 0.29) is 11.2 Å². The number of aryl methyl sites for hydroxylation is 1. The molecule has 0 aliphatic carbocycles. The first kappa shape index (κ1) is 14.5. The summed E-state index contributed by atoms with van der Waals surface area (Å²) in [6.45, 7) is 10.9. The topological polar surface area (TPSA) is 57.4 Å². The van der Waals surface area contributed by atoms with Crippen LogP contribution in [0.2, 0.25) is 0 Å². The van der Waals surface area contributed by atoms with Gasteiger partial charge in [0.2, 0.25) is 0 Å². The summed E-state index contributed by atoms with van der Waals surface area (Å²) in [7, 11) is -0.401. The summed E-state index contributed by atoms with van der Waals surface area (Å²) in [6.07, 6.45) is 2.71. The van der Waals surface area contributed by atoms with Crippen molar-refractivity contribution < 1.29 is 9.31 Å². The van der Waals surface area contributed by atoms with E-state index in [4.69, 9.17) is 15.0 Å². The Morgan fingerprint density at radius 2 is 1.79 bits per heavy atom. The maximum Gasteiger partial charge on any atom is 0.514 e. The third kappa shape index (κ3) is 2.68. The zero-order chi connectivity index (χ0) is 14.3. The molecule has 0 radical (unpaired) electrons. The van der Waals surface area contributed by atoms with Crippen LogP contribution in [0.15, 0.2) is 12.3 Å². The number of rotatable bonds is 3. The number of pyridine rings is 1. The van der Waals surface area contributed by atoms with Gasteiger partial charge in [-0.05, 0) is 64.8 Å². The standard InChI is InChI=1S/C14H23BN2O2/c1-10-9-17-12(8-11(10)6-7-16)15-18-13(2,3)14(4,5)19-15/h8-9H,6-7,16H2,1-5H3. The van der Waals surface area contributed by atoms with E-state index in [2.05, 4.69) is 4.98 Å². The highest BCUT2D eigenvalue weighted by molar-refractivity contribution is 6.61. The molecule has 19 heavy (non-hydrogen) atoms. The third-order valence-corrected chi connectivity index (χ3v) is 4.14. The van der Waals surface area contributed by atoms with Crippen LogP contribution in [0, 0.1) is 6.92 Å². The summed E-state index contributed by atoms with van der Waals surface area (Å²) in [6, 6.07) is 2.05. The molecular weight excluding hydrogens is 239 g/mol. The van der Waals surface area contributed by atoms with Crippen molar-refractivity contribution in [3.63, 3.8) is 0 Å². The highest BCUT2D eigenvalue weighted by Crippen LogP contribution is 2.36. The fraction of sp³-hybridized carbons (Fsp3) is 0.643. The molecule has 2 rings (SSSR count). The molecule has 0 bridgehead atoms. The van der Waals surface area contributed by atoms with Crippen molar-refractivity contribution in [1.82, 2.24) is 4.98 Å².